The van der Waals surface area contributed by atoms with Crippen molar-refractivity contribution in [1.29, 1.82) is 0 Å². The highest BCUT2D eigenvalue weighted by atomic mass is 35.5. The maximum atomic E-state index is 12.0. The Morgan fingerprint density at radius 3 is 2.89 bits per heavy atom. The van der Waals surface area contributed by atoms with Gasteiger partial charge in [0.05, 0.1) is 12.3 Å². The fourth-order valence-corrected chi connectivity index (χ4v) is 1.85. The van der Waals surface area contributed by atoms with Gasteiger partial charge >= 0.3 is 0 Å². The summed E-state index contributed by atoms with van der Waals surface area (Å²) in [5.74, 6) is 0.997. The van der Waals surface area contributed by atoms with E-state index < -0.39 is 0 Å². The van der Waals surface area contributed by atoms with E-state index in [2.05, 4.69) is 5.32 Å². The van der Waals surface area contributed by atoms with Crippen molar-refractivity contribution in [2.45, 2.75) is 18.8 Å². The normalized spacial score (nSPS) is 12.1. The third kappa shape index (κ3) is 2.93. The van der Waals surface area contributed by atoms with Gasteiger partial charge in [-0.05, 0) is 36.8 Å². The number of hydrogen-bond donors (Lipinski definition) is 1. The summed E-state index contributed by atoms with van der Waals surface area (Å²) in [6, 6.07) is 10.7. The predicted molar refractivity (Wildman–Crippen MR) is 70.6 cm³/mol. The first-order chi connectivity index (χ1) is 8.70. The van der Waals surface area contributed by atoms with E-state index in [1.165, 1.54) is 0 Å². The van der Waals surface area contributed by atoms with E-state index in [1.807, 2.05) is 25.1 Å². The molecule has 0 saturated carbocycles. The third-order valence-corrected chi connectivity index (χ3v) is 2.97. The minimum Gasteiger partial charge on any atom is -0.467 e. The van der Waals surface area contributed by atoms with Crippen molar-refractivity contribution in [3.05, 3.63) is 59.5 Å². The highest BCUT2D eigenvalue weighted by molar-refractivity contribution is 6.17. The Morgan fingerprint density at radius 2 is 2.22 bits per heavy atom. The number of carbonyl (C=O) groups is 1. The molecular formula is C14H14ClNO2. The van der Waals surface area contributed by atoms with Crippen molar-refractivity contribution >= 4 is 17.5 Å². The fraction of sp³-hybridized carbons (Fsp3) is 0.214. The van der Waals surface area contributed by atoms with E-state index in [0.29, 0.717) is 11.4 Å². The summed E-state index contributed by atoms with van der Waals surface area (Å²) in [5, 5.41) is 2.87. The molecule has 1 heterocycles. The minimum atomic E-state index is -0.160. The van der Waals surface area contributed by atoms with Crippen molar-refractivity contribution < 1.29 is 9.21 Å². The lowest BCUT2D eigenvalue weighted by molar-refractivity contribution is 0.0935. The van der Waals surface area contributed by atoms with Gasteiger partial charge in [0, 0.05) is 11.4 Å². The molecule has 0 aliphatic rings. The van der Waals surface area contributed by atoms with Crippen LogP contribution in [0.4, 0.5) is 0 Å². The van der Waals surface area contributed by atoms with Crippen molar-refractivity contribution in [2.75, 3.05) is 0 Å². The number of amides is 1. The summed E-state index contributed by atoms with van der Waals surface area (Å²) < 4.78 is 5.24. The SMILES string of the molecule is C[C@H](NC(=O)c1cccc(CCl)c1)c1ccco1. The molecule has 0 spiro atoms. The molecule has 0 aliphatic carbocycles. The highest BCUT2D eigenvalue weighted by Crippen LogP contribution is 2.14. The first-order valence-corrected chi connectivity index (χ1v) is 6.23. The van der Waals surface area contributed by atoms with E-state index in [0.717, 1.165) is 11.3 Å². The third-order valence-electron chi connectivity index (χ3n) is 2.66. The van der Waals surface area contributed by atoms with Crippen molar-refractivity contribution in [3.63, 3.8) is 0 Å². The van der Waals surface area contributed by atoms with Crippen LogP contribution in [0, 0.1) is 0 Å². The molecule has 1 atom stereocenters. The van der Waals surface area contributed by atoms with E-state index in [4.69, 9.17) is 16.0 Å². The highest BCUT2D eigenvalue weighted by Gasteiger charge is 2.13. The first kappa shape index (κ1) is 12.7. The standard InChI is InChI=1S/C14H14ClNO2/c1-10(13-6-3-7-18-13)16-14(17)12-5-2-4-11(8-12)9-15/h2-8,10H,9H2,1H3,(H,16,17)/t10-/m0/s1. The Labute approximate surface area is 111 Å². The number of alkyl halides is 1. The largest absolute Gasteiger partial charge is 0.467 e. The maximum Gasteiger partial charge on any atom is 0.251 e. The van der Waals surface area contributed by atoms with Crippen LogP contribution in [0.1, 0.15) is 34.6 Å². The van der Waals surface area contributed by atoms with E-state index >= 15 is 0 Å². The molecule has 1 aromatic heterocycles. The first-order valence-electron chi connectivity index (χ1n) is 5.70. The molecule has 2 aromatic rings. The number of hydrogen-bond acceptors (Lipinski definition) is 2. The lowest BCUT2D eigenvalue weighted by atomic mass is 10.1. The average molecular weight is 264 g/mol. The van der Waals surface area contributed by atoms with E-state index in [-0.39, 0.29) is 11.9 Å². The lowest BCUT2D eigenvalue weighted by Crippen LogP contribution is -2.26. The zero-order valence-electron chi connectivity index (χ0n) is 10.0. The van der Waals surface area contributed by atoms with Crippen molar-refractivity contribution in [3.8, 4) is 0 Å². The Balaban J connectivity index is 2.07. The smallest absolute Gasteiger partial charge is 0.251 e. The van der Waals surface area contributed by atoms with Crippen LogP contribution < -0.4 is 5.32 Å². The second kappa shape index (κ2) is 5.74. The molecule has 1 aromatic carbocycles. The van der Waals surface area contributed by atoms with Crippen LogP contribution in [0.3, 0.4) is 0 Å². The van der Waals surface area contributed by atoms with Gasteiger partial charge in [-0.15, -0.1) is 11.6 Å². The summed E-state index contributed by atoms with van der Waals surface area (Å²) in [6.07, 6.45) is 1.59. The van der Waals surface area contributed by atoms with E-state index in [1.54, 1.807) is 24.5 Å². The van der Waals surface area contributed by atoms with Gasteiger partial charge in [0.25, 0.3) is 5.91 Å². The van der Waals surface area contributed by atoms with Gasteiger partial charge < -0.3 is 9.73 Å². The van der Waals surface area contributed by atoms with Gasteiger partial charge in [0.2, 0.25) is 0 Å². The Bertz CT molecular complexity index is 522. The number of nitrogens with one attached hydrogen (secondary N) is 1. The molecule has 4 heteroatoms. The Kier molecular flexibility index (Phi) is 4.05. The molecule has 0 saturated heterocycles. The van der Waals surface area contributed by atoms with Gasteiger partial charge in [-0.1, -0.05) is 12.1 Å². The van der Waals surface area contributed by atoms with Crippen molar-refractivity contribution in [2.24, 2.45) is 0 Å². The van der Waals surface area contributed by atoms with Crippen LogP contribution in [0.5, 0.6) is 0 Å². The zero-order chi connectivity index (χ0) is 13.0. The molecule has 1 amide bonds. The molecule has 2 rings (SSSR count). The van der Waals surface area contributed by atoms with Crippen LogP contribution in [0.25, 0.3) is 0 Å². The summed E-state index contributed by atoms with van der Waals surface area (Å²) in [6.45, 7) is 1.88. The van der Waals surface area contributed by atoms with Crippen LogP contribution in [-0.2, 0) is 5.88 Å². The van der Waals surface area contributed by atoms with Gasteiger partial charge in [-0.3, -0.25) is 4.79 Å². The number of halogens is 1. The molecule has 18 heavy (non-hydrogen) atoms. The van der Waals surface area contributed by atoms with Gasteiger partial charge in [0.1, 0.15) is 5.76 Å². The maximum absolute atomic E-state index is 12.0. The van der Waals surface area contributed by atoms with Gasteiger partial charge in [0.15, 0.2) is 0 Å². The van der Waals surface area contributed by atoms with Crippen LogP contribution >= 0.6 is 11.6 Å². The van der Waals surface area contributed by atoms with Crippen LogP contribution in [-0.4, -0.2) is 5.91 Å². The molecule has 3 nitrogen and oxygen atoms in total. The van der Waals surface area contributed by atoms with Gasteiger partial charge in [-0.2, -0.15) is 0 Å². The number of carbonyl (C=O) groups excluding carboxylic acids is 1. The second-order valence-corrected chi connectivity index (χ2v) is 4.31. The molecule has 0 bridgehead atoms. The molecular weight excluding hydrogens is 250 g/mol. The molecule has 0 fully saturated rings. The van der Waals surface area contributed by atoms with Crippen LogP contribution in [0.15, 0.2) is 47.1 Å². The summed E-state index contributed by atoms with van der Waals surface area (Å²) in [5.41, 5.74) is 1.53. The zero-order valence-corrected chi connectivity index (χ0v) is 10.8. The number of rotatable bonds is 4. The second-order valence-electron chi connectivity index (χ2n) is 4.04. The topological polar surface area (TPSA) is 42.2 Å². The Hall–Kier alpha value is -1.74. The fourth-order valence-electron chi connectivity index (χ4n) is 1.68. The molecule has 0 aliphatic heterocycles. The predicted octanol–water partition coefficient (Wildman–Crippen LogP) is 3.51. The number of benzene rings is 1. The molecule has 1 N–H and O–H groups in total. The summed E-state index contributed by atoms with van der Waals surface area (Å²) in [4.78, 5) is 12.0. The molecule has 0 radical (unpaired) electrons. The monoisotopic (exact) mass is 263 g/mol. The molecule has 94 valence electrons. The number of furan rings is 1. The average Bonchev–Trinajstić information content (AvgIpc) is 2.92. The quantitative estimate of drug-likeness (QED) is 0.858. The van der Waals surface area contributed by atoms with Crippen molar-refractivity contribution in [1.82, 2.24) is 5.32 Å². The summed E-state index contributed by atoms with van der Waals surface area (Å²) >= 11 is 5.74. The van der Waals surface area contributed by atoms with E-state index in [9.17, 15) is 4.79 Å². The van der Waals surface area contributed by atoms with Crippen LogP contribution in [0.2, 0.25) is 0 Å². The minimum absolute atomic E-state index is 0.133. The Morgan fingerprint density at radius 1 is 1.39 bits per heavy atom. The lowest BCUT2D eigenvalue weighted by Gasteiger charge is -2.11. The molecule has 0 unspecified atom stereocenters. The van der Waals surface area contributed by atoms with Gasteiger partial charge in [-0.25, -0.2) is 0 Å². The summed E-state index contributed by atoms with van der Waals surface area (Å²) in [7, 11) is 0.